The summed E-state index contributed by atoms with van der Waals surface area (Å²) in [6.45, 7) is 0. The molecule has 0 saturated carbocycles. The van der Waals surface area contributed by atoms with Gasteiger partial charge >= 0.3 is 0 Å². The van der Waals surface area contributed by atoms with Crippen molar-refractivity contribution >= 4 is 39.9 Å². The van der Waals surface area contributed by atoms with Crippen molar-refractivity contribution in [3.05, 3.63) is 90.0 Å². The SMILES string of the molecule is Clc1ccccc1SC(=Nc1ccccc1)Nc1ccccc1. The Morgan fingerprint density at radius 3 is 2.09 bits per heavy atom. The van der Waals surface area contributed by atoms with Crippen LogP contribution < -0.4 is 5.32 Å². The quantitative estimate of drug-likeness (QED) is 0.347. The van der Waals surface area contributed by atoms with Gasteiger partial charge in [-0.15, -0.1) is 0 Å². The van der Waals surface area contributed by atoms with Gasteiger partial charge in [0.2, 0.25) is 0 Å². The molecule has 3 aromatic rings. The number of hydrogen-bond donors (Lipinski definition) is 1. The van der Waals surface area contributed by atoms with Crippen LogP contribution in [-0.2, 0) is 0 Å². The summed E-state index contributed by atoms with van der Waals surface area (Å²) in [5, 5.41) is 4.85. The lowest BCUT2D eigenvalue weighted by Crippen LogP contribution is -2.07. The van der Waals surface area contributed by atoms with Crippen LogP contribution in [0, 0.1) is 0 Å². The van der Waals surface area contributed by atoms with Crippen LogP contribution >= 0.6 is 23.4 Å². The molecule has 3 rings (SSSR count). The molecular weight excluding hydrogens is 324 g/mol. The van der Waals surface area contributed by atoms with Gasteiger partial charge in [0, 0.05) is 10.6 Å². The van der Waals surface area contributed by atoms with Crippen molar-refractivity contribution in [1.82, 2.24) is 0 Å². The number of anilines is 1. The lowest BCUT2D eigenvalue weighted by molar-refractivity contribution is 1.46. The van der Waals surface area contributed by atoms with Crippen molar-refractivity contribution in [1.29, 1.82) is 0 Å². The summed E-state index contributed by atoms with van der Waals surface area (Å²) in [5.74, 6) is 0. The largest absolute Gasteiger partial charge is 0.334 e. The molecule has 4 heteroatoms. The lowest BCUT2D eigenvalue weighted by Gasteiger charge is -2.10. The summed E-state index contributed by atoms with van der Waals surface area (Å²) in [6, 6.07) is 27.6. The first kappa shape index (κ1) is 15.7. The second kappa shape index (κ2) is 7.86. The maximum atomic E-state index is 6.27. The van der Waals surface area contributed by atoms with E-state index in [1.165, 1.54) is 11.8 Å². The van der Waals surface area contributed by atoms with Gasteiger partial charge in [0.05, 0.1) is 10.7 Å². The standard InChI is InChI=1S/C19H15ClN2S/c20-17-13-7-8-14-18(17)23-19(21-15-9-3-1-4-10-15)22-16-11-5-2-6-12-16/h1-14H,(H,21,22). The van der Waals surface area contributed by atoms with Gasteiger partial charge in [-0.25, -0.2) is 4.99 Å². The summed E-state index contributed by atoms with van der Waals surface area (Å²) >= 11 is 7.78. The number of rotatable bonds is 3. The van der Waals surface area contributed by atoms with E-state index >= 15 is 0 Å². The van der Waals surface area contributed by atoms with Crippen molar-refractivity contribution in [2.45, 2.75) is 4.90 Å². The molecule has 2 nitrogen and oxygen atoms in total. The molecule has 0 amide bonds. The van der Waals surface area contributed by atoms with Crippen LogP contribution in [0.4, 0.5) is 11.4 Å². The highest BCUT2D eigenvalue weighted by molar-refractivity contribution is 8.14. The maximum Gasteiger partial charge on any atom is 0.171 e. The molecule has 0 atom stereocenters. The Kier molecular flexibility index (Phi) is 5.35. The van der Waals surface area contributed by atoms with E-state index in [1.807, 2.05) is 84.9 Å². The first-order chi connectivity index (χ1) is 11.3. The molecule has 23 heavy (non-hydrogen) atoms. The molecule has 0 aliphatic carbocycles. The molecule has 0 saturated heterocycles. The zero-order chi connectivity index (χ0) is 15.9. The number of para-hydroxylation sites is 2. The van der Waals surface area contributed by atoms with Gasteiger partial charge < -0.3 is 5.32 Å². The van der Waals surface area contributed by atoms with E-state index in [0.29, 0.717) is 5.02 Å². The second-order valence-corrected chi connectivity index (χ2v) is 6.21. The highest BCUT2D eigenvalue weighted by atomic mass is 35.5. The van der Waals surface area contributed by atoms with Crippen LogP contribution in [0.2, 0.25) is 5.02 Å². The highest BCUT2D eigenvalue weighted by Crippen LogP contribution is 2.29. The molecule has 0 aliphatic rings. The average Bonchev–Trinajstić information content (AvgIpc) is 2.59. The Morgan fingerprint density at radius 2 is 1.39 bits per heavy atom. The third kappa shape index (κ3) is 4.62. The van der Waals surface area contributed by atoms with Gasteiger partial charge in [0.25, 0.3) is 0 Å². The molecule has 0 aromatic heterocycles. The van der Waals surface area contributed by atoms with Crippen molar-refractivity contribution in [3.8, 4) is 0 Å². The summed E-state index contributed by atoms with van der Waals surface area (Å²) in [7, 11) is 0. The van der Waals surface area contributed by atoms with Crippen molar-refractivity contribution in [2.75, 3.05) is 5.32 Å². The van der Waals surface area contributed by atoms with Crippen LogP contribution in [0.5, 0.6) is 0 Å². The summed E-state index contributed by atoms with van der Waals surface area (Å²) in [5.41, 5.74) is 1.88. The molecule has 0 radical (unpaired) electrons. The molecule has 3 aromatic carbocycles. The van der Waals surface area contributed by atoms with Crippen LogP contribution in [0.1, 0.15) is 0 Å². The number of halogens is 1. The van der Waals surface area contributed by atoms with E-state index in [1.54, 1.807) is 0 Å². The third-order valence-electron chi connectivity index (χ3n) is 3.06. The van der Waals surface area contributed by atoms with Gasteiger partial charge in [-0.2, -0.15) is 0 Å². The van der Waals surface area contributed by atoms with E-state index in [2.05, 4.69) is 5.32 Å². The molecule has 0 spiro atoms. The fourth-order valence-corrected chi connectivity index (χ4v) is 3.06. The van der Waals surface area contributed by atoms with Crippen molar-refractivity contribution in [2.24, 2.45) is 4.99 Å². The zero-order valence-corrected chi connectivity index (χ0v) is 13.9. The summed E-state index contributed by atoms with van der Waals surface area (Å²) in [4.78, 5) is 5.67. The number of aliphatic imine (C=N–C) groups is 1. The van der Waals surface area contributed by atoms with Crippen LogP contribution in [0.15, 0.2) is 94.8 Å². The molecule has 0 fully saturated rings. The van der Waals surface area contributed by atoms with Crippen LogP contribution in [-0.4, -0.2) is 5.17 Å². The number of nitrogens with zero attached hydrogens (tertiary/aromatic N) is 1. The predicted octanol–water partition coefficient (Wildman–Crippen LogP) is 6.23. The second-order valence-electron chi connectivity index (χ2n) is 4.78. The van der Waals surface area contributed by atoms with Gasteiger partial charge in [0.15, 0.2) is 5.17 Å². The Labute approximate surface area is 145 Å². The molecular formula is C19H15ClN2S. The molecule has 114 valence electrons. The Balaban J connectivity index is 1.90. The smallest absolute Gasteiger partial charge is 0.171 e. The summed E-state index contributed by atoms with van der Waals surface area (Å²) < 4.78 is 0. The molecule has 0 unspecified atom stereocenters. The number of benzene rings is 3. The van der Waals surface area contributed by atoms with Crippen molar-refractivity contribution in [3.63, 3.8) is 0 Å². The number of amidine groups is 1. The number of hydrogen-bond acceptors (Lipinski definition) is 2. The predicted molar refractivity (Wildman–Crippen MR) is 101 cm³/mol. The Bertz CT molecular complexity index is 789. The molecule has 0 heterocycles. The topological polar surface area (TPSA) is 24.4 Å². The van der Waals surface area contributed by atoms with Gasteiger partial charge in [-0.3, -0.25) is 0 Å². The Hall–Kier alpha value is -2.23. The highest BCUT2D eigenvalue weighted by Gasteiger charge is 2.07. The van der Waals surface area contributed by atoms with E-state index in [0.717, 1.165) is 21.4 Å². The zero-order valence-electron chi connectivity index (χ0n) is 12.3. The fourth-order valence-electron chi connectivity index (χ4n) is 1.97. The van der Waals surface area contributed by atoms with E-state index in [9.17, 15) is 0 Å². The minimum atomic E-state index is 0.716. The summed E-state index contributed by atoms with van der Waals surface area (Å²) in [6.07, 6.45) is 0. The van der Waals surface area contributed by atoms with E-state index < -0.39 is 0 Å². The van der Waals surface area contributed by atoms with Crippen LogP contribution in [0.3, 0.4) is 0 Å². The third-order valence-corrected chi connectivity index (χ3v) is 4.46. The van der Waals surface area contributed by atoms with Gasteiger partial charge in [-0.05, 0) is 36.4 Å². The number of thioether (sulfide) groups is 1. The van der Waals surface area contributed by atoms with E-state index in [-0.39, 0.29) is 0 Å². The monoisotopic (exact) mass is 338 g/mol. The minimum absolute atomic E-state index is 0.716. The van der Waals surface area contributed by atoms with Gasteiger partial charge in [0.1, 0.15) is 0 Å². The molecule has 1 N–H and O–H groups in total. The van der Waals surface area contributed by atoms with Crippen molar-refractivity contribution < 1.29 is 0 Å². The van der Waals surface area contributed by atoms with Crippen LogP contribution in [0.25, 0.3) is 0 Å². The van der Waals surface area contributed by atoms with Gasteiger partial charge in [-0.1, -0.05) is 71.9 Å². The lowest BCUT2D eigenvalue weighted by atomic mass is 10.3. The maximum absolute atomic E-state index is 6.27. The minimum Gasteiger partial charge on any atom is -0.334 e. The van der Waals surface area contributed by atoms with E-state index in [4.69, 9.17) is 16.6 Å². The normalized spacial score (nSPS) is 11.3. The number of nitrogens with one attached hydrogen (secondary N) is 1. The first-order valence-corrected chi connectivity index (χ1v) is 8.39. The molecule has 0 aliphatic heterocycles. The average molecular weight is 339 g/mol. The fraction of sp³-hybridized carbons (Fsp3) is 0. The molecule has 0 bridgehead atoms. The first-order valence-electron chi connectivity index (χ1n) is 7.19. The Morgan fingerprint density at radius 1 is 0.783 bits per heavy atom.